The van der Waals surface area contributed by atoms with Gasteiger partial charge in [0.1, 0.15) is 5.58 Å². The van der Waals surface area contributed by atoms with Crippen molar-refractivity contribution in [2.45, 2.75) is 51.1 Å². The van der Waals surface area contributed by atoms with Crippen LogP contribution in [0.2, 0.25) is 0 Å². The zero-order valence-electron chi connectivity index (χ0n) is 12.9. The van der Waals surface area contributed by atoms with E-state index in [1.807, 2.05) is 18.4 Å². The Labute approximate surface area is 127 Å². The highest BCUT2D eigenvalue weighted by Crippen LogP contribution is 2.33. The van der Waals surface area contributed by atoms with Gasteiger partial charge in [-0.2, -0.15) is 0 Å². The summed E-state index contributed by atoms with van der Waals surface area (Å²) < 4.78 is 5.73. The van der Waals surface area contributed by atoms with Gasteiger partial charge in [0, 0.05) is 23.5 Å². The van der Waals surface area contributed by atoms with Crippen molar-refractivity contribution in [2.75, 3.05) is 13.1 Å². The molecule has 0 amide bonds. The smallest absolute Gasteiger partial charge is 0.134 e. The predicted molar refractivity (Wildman–Crippen MR) is 87.3 cm³/mol. The summed E-state index contributed by atoms with van der Waals surface area (Å²) in [5.41, 5.74) is 8.37. The Morgan fingerprint density at radius 2 is 2.00 bits per heavy atom. The normalized spacial score (nSPS) is 18.4. The molecule has 1 saturated carbocycles. The van der Waals surface area contributed by atoms with Gasteiger partial charge in [0.25, 0.3) is 0 Å². The fraction of sp³-hybridized carbons (Fsp3) is 0.556. The second-order valence-corrected chi connectivity index (χ2v) is 6.06. The van der Waals surface area contributed by atoms with Crippen molar-refractivity contribution in [3.05, 3.63) is 36.1 Å². The van der Waals surface area contributed by atoms with Crippen LogP contribution in [-0.2, 0) is 0 Å². The molecular weight excluding hydrogens is 260 g/mol. The summed E-state index contributed by atoms with van der Waals surface area (Å²) in [5.74, 6) is 0. The van der Waals surface area contributed by atoms with Gasteiger partial charge >= 0.3 is 0 Å². The number of hydrogen-bond donors (Lipinski definition) is 1. The SMILES string of the molecule is CCN(C1CCCCC1)C(CN)c1coc2ccccc12. The zero-order chi connectivity index (χ0) is 14.7. The number of nitrogens with two attached hydrogens (primary N) is 1. The largest absolute Gasteiger partial charge is 0.464 e. The number of rotatable bonds is 5. The third-order valence-electron chi connectivity index (χ3n) is 4.90. The fourth-order valence-electron chi connectivity index (χ4n) is 3.84. The van der Waals surface area contributed by atoms with Gasteiger partial charge in [-0.05, 0) is 25.5 Å². The van der Waals surface area contributed by atoms with Crippen LogP contribution in [0, 0.1) is 0 Å². The number of benzene rings is 1. The van der Waals surface area contributed by atoms with E-state index in [2.05, 4.69) is 24.0 Å². The highest BCUT2D eigenvalue weighted by Gasteiger charge is 2.28. The van der Waals surface area contributed by atoms with E-state index in [9.17, 15) is 0 Å². The molecule has 0 spiro atoms. The van der Waals surface area contributed by atoms with Crippen molar-refractivity contribution in [1.82, 2.24) is 4.90 Å². The van der Waals surface area contributed by atoms with E-state index in [0.717, 1.165) is 12.1 Å². The Morgan fingerprint density at radius 3 is 2.71 bits per heavy atom. The molecule has 2 N–H and O–H groups in total. The van der Waals surface area contributed by atoms with Crippen LogP contribution in [0.4, 0.5) is 0 Å². The number of nitrogens with zero attached hydrogens (tertiary/aromatic N) is 1. The van der Waals surface area contributed by atoms with E-state index in [0.29, 0.717) is 12.6 Å². The lowest BCUT2D eigenvalue weighted by Gasteiger charge is -2.38. The second kappa shape index (κ2) is 6.63. The number of fused-ring (bicyclic) bond motifs is 1. The van der Waals surface area contributed by atoms with Crippen molar-refractivity contribution in [3.63, 3.8) is 0 Å². The van der Waals surface area contributed by atoms with Crippen molar-refractivity contribution >= 4 is 11.0 Å². The zero-order valence-corrected chi connectivity index (χ0v) is 12.9. The molecule has 0 saturated heterocycles. The van der Waals surface area contributed by atoms with E-state index in [1.165, 1.54) is 43.1 Å². The van der Waals surface area contributed by atoms with Gasteiger partial charge in [-0.25, -0.2) is 0 Å². The minimum absolute atomic E-state index is 0.266. The van der Waals surface area contributed by atoms with Crippen molar-refractivity contribution in [1.29, 1.82) is 0 Å². The predicted octanol–water partition coefficient (Wildman–Crippen LogP) is 4.09. The highest BCUT2D eigenvalue weighted by atomic mass is 16.3. The summed E-state index contributed by atoms with van der Waals surface area (Å²) in [7, 11) is 0. The first kappa shape index (κ1) is 14.6. The molecule has 1 atom stereocenters. The molecule has 1 heterocycles. The molecule has 1 aromatic carbocycles. The van der Waals surface area contributed by atoms with Crippen LogP contribution in [0.3, 0.4) is 0 Å². The molecule has 1 aromatic heterocycles. The van der Waals surface area contributed by atoms with Gasteiger partial charge in [0.2, 0.25) is 0 Å². The van der Waals surface area contributed by atoms with Crippen molar-refractivity contribution in [2.24, 2.45) is 5.73 Å². The maximum Gasteiger partial charge on any atom is 0.134 e. The fourth-order valence-corrected chi connectivity index (χ4v) is 3.84. The summed E-state index contributed by atoms with van der Waals surface area (Å²) in [6.45, 7) is 3.94. The van der Waals surface area contributed by atoms with Crippen LogP contribution in [0.5, 0.6) is 0 Å². The standard InChI is InChI=1S/C18H26N2O/c1-2-20(14-8-4-3-5-9-14)17(12-19)16-13-21-18-11-7-6-10-15(16)18/h6-7,10-11,13-14,17H,2-5,8-9,12,19H2,1H3. The van der Waals surface area contributed by atoms with Gasteiger partial charge in [-0.3, -0.25) is 4.90 Å². The van der Waals surface area contributed by atoms with Crippen molar-refractivity contribution < 1.29 is 4.42 Å². The lowest BCUT2D eigenvalue weighted by molar-refractivity contribution is 0.114. The molecular formula is C18H26N2O. The second-order valence-electron chi connectivity index (χ2n) is 6.06. The number of furan rings is 1. The molecule has 1 fully saturated rings. The van der Waals surface area contributed by atoms with Crippen LogP contribution in [-0.4, -0.2) is 24.0 Å². The quantitative estimate of drug-likeness (QED) is 0.900. The molecule has 0 radical (unpaired) electrons. The molecule has 21 heavy (non-hydrogen) atoms. The van der Waals surface area contributed by atoms with E-state index in [4.69, 9.17) is 10.2 Å². The lowest BCUT2D eigenvalue weighted by atomic mass is 9.92. The van der Waals surface area contributed by atoms with Crippen LogP contribution in [0.25, 0.3) is 11.0 Å². The lowest BCUT2D eigenvalue weighted by Crippen LogP contribution is -2.42. The van der Waals surface area contributed by atoms with Gasteiger partial charge in [-0.15, -0.1) is 0 Å². The van der Waals surface area contributed by atoms with Gasteiger partial charge in [0.15, 0.2) is 0 Å². The minimum Gasteiger partial charge on any atom is -0.464 e. The molecule has 0 bridgehead atoms. The molecule has 1 aliphatic rings. The van der Waals surface area contributed by atoms with E-state index >= 15 is 0 Å². The number of para-hydroxylation sites is 1. The van der Waals surface area contributed by atoms with Gasteiger partial charge < -0.3 is 10.2 Å². The average Bonchev–Trinajstić information content (AvgIpc) is 2.97. The maximum atomic E-state index is 6.15. The Hall–Kier alpha value is -1.32. The molecule has 0 aliphatic heterocycles. The molecule has 1 aliphatic carbocycles. The Balaban J connectivity index is 1.92. The monoisotopic (exact) mass is 286 g/mol. The first-order chi connectivity index (χ1) is 10.3. The summed E-state index contributed by atoms with van der Waals surface area (Å²) >= 11 is 0. The van der Waals surface area contributed by atoms with E-state index in [-0.39, 0.29) is 6.04 Å². The third-order valence-corrected chi connectivity index (χ3v) is 4.90. The molecule has 114 valence electrons. The van der Waals surface area contributed by atoms with Gasteiger partial charge in [-0.1, -0.05) is 44.4 Å². The van der Waals surface area contributed by atoms with Crippen LogP contribution >= 0.6 is 0 Å². The van der Waals surface area contributed by atoms with E-state index < -0.39 is 0 Å². The maximum absolute atomic E-state index is 6.15. The first-order valence-electron chi connectivity index (χ1n) is 8.27. The number of likely N-dealkylation sites (N-methyl/N-ethyl adjacent to an activating group) is 1. The van der Waals surface area contributed by atoms with E-state index in [1.54, 1.807) is 0 Å². The summed E-state index contributed by atoms with van der Waals surface area (Å²) in [4.78, 5) is 2.59. The average molecular weight is 286 g/mol. The molecule has 3 nitrogen and oxygen atoms in total. The third kappa shape index (κ3) is 2.85. The molecule has 2 aromatic rings. The Kier molecular flexibility index (Phi) is 4.61. The molecule has 1 unspecified atom stereocenters. The summed E-state index contributed by atoms with van der Waals surface area (Å²) in [5, 5.41) is 1.21. The van der Waals surface area contributed by atoms with Crippen LogP contribution in [0.15, 0.2) is 34.9 Å². The van der Waals surface area contributed by atoms with Crippen LogP contribution in [0.1, 0.15) is 50.6 Å². The number of hydrogen-bond acceptors (Lipinski definition) is 3. The topological polar surface area (TPSA) is 42.4 Å². The highest BCUT2D eigenvalue weighted by molar-refractivity contribution is 5.81. The molecule has 3 heteroatoms. The van der Waals surface area contributed by atoms with Gasteiger partial charge in [0.05, 0.1) is 12.3 Å². The molecule has 3 rings (SSSR count). The summed E-state index contributed by atoms with van der Waals surface area (Å²) in [6, 6.07) is 9.21. The minimum atomic E-state index is 0.266. The summed E-state index contributed by atoms with van der Waals surface area (Å²) in [6.07, 6.45) is 8.61. The van der Waals surface area contributed by atoms with Crippen LogP contribution < -0.4 is 5.73 Å². The first-order valence-corrected chi connectivity index (χ1v) is 8.27. The Bertz CT molecular complexity index is 571. The van der Waals surface area contributed by atoms with Crippen molar-refractivity contribution in [3.8, 4) is 0 Å². The Morgan fingerprint density at radius 1 is 1.24 bits per heavy atom.